The number of carbonyl (C=O) groups is 3. The van der Waals surface area contributed by atoms with Gasteiger partial charge in [0.05, 0.1) is 6.61 Å². The van der Waals surface area contributed by atoms with Crippen LogP contribution >= 0.6 is 0 Å². The highest BCUT2D eigenvalue weighted by molar-refractivity contribution is 5.81. The lowest BCUT2D eigenvalue weighted by Gasteiger charge is -2.31. The van der Waals surface area contributed by atoms with Gasteiger partial charge in [0.15, 0.2) is 0 Å². The van der Waals surface area contributed by atoms with Gasteiger partial charge in [-0.05, 0) is 70.3 Å². The normalized spacial score (nSPS) is 25.8. The molecule has 0 aliphatic heterocycles. The Balaban J connectivity index is 3.13. The van der Waals surface area contributed by atoms with Crippen molar-refractivity contribution in [2.24, 2.45) is 17.8 Å². The van der Waals surface area contributed by atoms with Crippen LogP contribution in [0, 0.1) is 17.8 Å². The first-order valence-corrected chi connectivity index (χ1v) is 9.41. The van der Waals surface area contributed by atoms with Crippen molar-refractivity contribution in [3.63, 3.8) is 0 Å². The number of ether oxygens (including phenoxy) is 1. The number of hydrogen-bond donors (Lipinski definition) is 0. The molecule has 3 atom stereocenters. The molecule has 144 valence electrons. The summed E-state index contributed by atoms with van der Waals surface area (Å²) in [6.07, 6.45) is 11.9. The molecular formula is C22H32O4. The average molecular weight is 360 g/mol. The van der Waals surface area contributed by atoms with E-state index in [0.717, 1.165) is 38.3 Å². The molecule has 0 radical (unpaired) electrons. The molecule has 0 saturated carbocycles. The zero-order valence-electron chi connectivity index (χ0n) is 16.5. The van der Waals surface area contributed by atoms with Gasteiger partial charge >= 0.3 is 5.97 Å². The van der Waals surface area contributed by atoms with Crippen molar-refractivity contribution in [2.75, 3.05) is 6.61 Å². The molecule has 4 nitrogen and oxygen atoms in total. The summed E-state index contributed by atoms with van der Waals surface area (Å²) in [5, 5.41) is 0. The van der Waals surface area contributed by atoms with Crippen LogP contribution in [0.1, 0.15) is 59.8 Å². The van der Waals surface area contributed by atoms with E-state index in [4.69, 9.17) is 4.74 Å². The van der Waals surface area contributed by atoms with Crippen LogP contribution in [0.25, 0.3) is 0 Å². The molecule has 26 heavy (non-hydrogen) atoms. The zero-order chi connectivity index (χ0) is 19.5. The second kappa shape index (κ2) is 11.6. The topological polar surface area (TPSA) is 60.4 Å². The molecule has 0 amide bonds. The van der Waals surface area contributed by atoms with Gasteiger partial charge in [0, 0.05) is 12.8 Å². The summed E-state index contributed by atoms with van der Waals surface area (Å²) in [7, 11) is 0. The first-order valence-electron chi connectivity index (χ1n) is 9.41. The summed E-state index contributed by atoms with van der Waals surface area (Å²) < 4.78 is 5.31. The van der Waals surface area contributed by atoms with E-state index < -0.39 is 5.92 Å². The Hall–Kier alpha value is -1.97. The van der Waals surface area contributed by atoms with E-state index in [9.17, 15) is 14.4 Å². The maximum atomic E-state index is 11.9. The Bertz CT molecular complexity index is 579. The van der Waals surface area contributed by atoms with Crippen LogP contribution in [0.15, 0.2) is 34.9 Å². The Kier molecular flexibility index (Phi) is 9.85. The minimum atomic E-state index is -0.445. The molecule has 0 bridgehead atoms. The van der Waals surface area contributed by atoms with Crippen molar-refractivity contribution < 1.29 is 19.1 Å². The van der Waals surface area contributed by atoms with Crippen molar-refractivity contribution >= 4 is 18.5 Å². The predicted molar refractivity (Wildman–Crippen MR) is 104 cm³/mol. The Morgan fingerprint density at radius 1 is 1.27 bits per heavy atom. The van der Waals surface area contributed by atoms with Crippen molar-refractivity contribution in [2.45, 2.75) is 59.8 Å². The second-order valence-corrected chi connectivity index (χ2v) is 7.39. The molecule has 1 rings (SSSR count). The summed E-state index contributed by atoms with van der Waals surface area (Å²) in [4.78, 5) is 34.8. The number of rotatable bonds is 8. The standard InChI is InChI=1S/C22H32O4/c1-16(2)7-5-10-20(15-26-18(4)25)21-12-11-17(3)8-6-9-19(13-23)22(21)14-24/h7-9,13-14,20-22H,5-6,10-12,15H2,1-4H3/b17-8+,19-9-/t20-,21-,22+/m0/s1. The van der Waals surface area contributed by atoms with Crippen LogP contribution in [0.4, 0.5) is 0 Å². The molecule has 4 heteroatoms. The lowest BCUT2D eigenvalue weighted by atomic mass is 9.74. The lowest BCUT2D eigenvalue weighted by molar-refractivity contribution is -0.143. The highest BCUT2D eigenvalue weighted by Crippen LogP contribution is 2.35. The van der Waals surface area contributed by atoms with Gasteiger partial charge in [-0.15, -0.1) is 0 Å². The average Bonchev–Trinajstić information content (AvgIpc) is 2.66. The van der Waals surface area contributed by atoms with Crippen molar-refractivity contribution in [3.05, 3.63) is 34.9 Å². The fourth-order valence-electron chi connectivity index (χ4n) is 3.52. The maximum absolute atomic E-state index is 11.9. The van der Waals surface area contributed by atoms with Crippen LogP contribution < -0.4 is 0 Å². The Labute approximate surface area is 157 Å². The molecule has 0 fully saturated rings. The van der Waals surface area contributed by atoms with Crippen LogP contribution in [-0.4, -0.2) is 25.1 Å². The van der Waals surface area contributed by atoms with Gasteiger partial charge in [-0.2, -0.15) is 0 Å². The van der Waals surface area contributed by atoms with Crippen molar-refractivity contribution in [3.8, 4) is 0 Å². The van der Waals surface area contributed by atoms with Gasteiger partial charge in [0.25, 0.3) is 0 Å². The van der Waals surface area contributed by atoms with Crippen LogP contribution in [0.3, 0.4) is 0 Å². The second-order valence-electron chi connectivity index (χ2n) is 7.39. The van der Waals surface area contributed by atoms with E-state index in [0.29, 0.717) is 12.0 Å². The zero-order valence-corrected chi connectivity index (χ0v) is 16.5. The summed E-state index contributed by atoms with van der Waals surface area (Å²) in [5.74, 6) is -0.738. The summed E-state index contributed by atoms with van der Waals surface area (Å²) >= 11 is 0. The third-order valence-electron chi connectivity index (χ3n) is 5.02. The van der Waals surface area contributed by atoms with E-state index in [2.05, 4.69) is 32.9 Å². The first-order chi connectivity index (χ1) is 12.4. The number of esters is 1. The van der Waals surface area contributed by atoms with E-state index in [1.54, 1.807) is 0 Å². The van der Waals surface area contributed by atoms with Crippen LogP contribution in [0.2, 0.25) is 0 Å². The monoisotopic (exact) mass is 360 g/mol. The predicted octanol–water partition coefficient (Wildman–Crippen LogP) is 4.60. The quantitative estimate of drug-likeness (QED) is 0.361. The van der Waals surface area contributed by atoms with Gasteiger partial charge in [-0.25, -0.2) is 0 Å². The fourth-order valence-corrected chi connectivity index (χ4v) is 3.52. The third-order valence-corrected chi connectivity index (χ3v) is 5.02. The largest absolute Gasteiger partial charge is 0.466 e. The van der Waals surface area contributed by atoms with E-state index >= 15 is 0 Å². The number of hydrogen-bond acceptors (Lipinski definition) is 4. The van der Waals surface area contributed by atoms with Gasteiger partial charge < -0.3 is 9.53 Å². The summed E-state index contributed by atoms with van der Waals surface area (Å²) in [5.41, 5.74) is 3.05. The number of allylic oxidation sites excluding steroid dienone is 6. The Morgan fingerprint density at radius 2 is 2.00 bits per heavy atom. The highest BCUT2D eigenvalue weighted by Gasteiger charge is 2.32. The molecule has 0 aromatic rings. The van der Waals surface area contributed by atoms with Crippen molar-refractivity contribution in [1.29, 1.82) is 0 Å². The lowest BCUT2D eigenvalue weighted by Crippen LogP contribution is -2.30. The van der Waals surface area contributed by atoms with E-state index in [-0.39, 0.29) is 24.4 Å². The maximum Gasteiger partial charge on any atom is 0.302 e. The molecule has 0 spiro atoms. The van der Waals surface area contributed by atoms with E-state index in [1.807, 2.05) is 6.08 Å². The fraction of sp³-hybridized carbons (Fsp3) is 0.591. The third kappa shape index (κ3) is 7.51. The summed E-state index contributed by atoms with van der Waals surface area (Å²) in [6, 6.07) is 0. The minimum Gasteiger partial charge on any atom is -0.466 e. The SMILES string of the molecule is CC(=O)OC[C@H](CCC=C(C)C)[C@@H]1CC/C(C)=C/C/C=C(/C=O)[C@H]1C=O. The first kappa shape index (κ1) is 22.1. The molecule has 0 aromatic heterocycles. The van der Waals surface area contributed by atoms with Gasteiger partial charge in [-0.3, -0.25) is 9.59 Å². The molecule has 1 aliphatic carbocycles. The van der Waals surface area contributed by atoms with Gasteiger partial charge in [0.1, 0.15) is 12.6 Å². The molecule has 1 aliphatic rings. The molecule has 0 unspecified atom stereocenters. The highest BCUT2D eigenvalue weighted by atomic mass is 16.5. The molecule has 0 aromatic carbocycles. The molecule has 0 N–H and O–H groups in total. The molecule has 0 saturated heterocycles. The number of aldehydes is 2. The Morgan fingerprint density at radius 3 is 2.58 bits per heavy atom. The van der Waals surface area contributed by atoms with E-state index in [1.165, 1.54) is 18.1 Å². The molecular weight excluding hydrogens is 328 g/mol. The number of carbonyl (C=O) groups excluding carboxylic acids is 3. The smallest absolute Gasteiger partial charge is 0.302 e. The summed E-state index contributed by atoms with van der Waals surface area (Å²) in [6.45, 7) is 7.87. The molecule has 0 heterocycles. The minimum absolute atomic E-state index is 0.0182. The van der Waals surface area contributed by atoms with Crippen molar-refractivity contribution in [1.82, 2.24) is 0 Å². The van der Waals surface area contributed by atoms with Crippen LogP contribution in [-0.2, 0) is 19.1 Å². The van der Waals surface area contributed by atoms with Gasteiger partial charge in [-0.1, -0.05) is 29.4 Å². The van der Waals surface area contributed by atoms with Crippen LogP contribution in [0.5, 0.6) is 0 Å². The van der Waals surface area contributed by atoms with Gasteiger partial charge in [0.2, 0.25) is 0 Å².